The van der Waals surface area contributed by atoms with Gasteiger partial charge in [-0.05, 0) is 80.8 Å². The number of β-amino-alcohol motifs (C(OH)–C–C–N with tert-alkyl or cyclic N) is 1. The summed E-state index contributed by atoms with van der Waals surface area (Å²) in [5.41, 5.74) is 2.56. The third kappa shape index (κ3) is 4.76. The number of piperidine rings is 1. The van der Waals surface area contributed by atoms with E-state index in [0.717, 1.165) is 44.7 Å². The van der Waals surface area contributed by atoms with Crippen molar-refractivity contribution < 1.29 is 14.6 Å². The second-order valence-corrected chi connectivity index (χ2v) is 8.46. The normalized spacial score (nSPS) is 26.2. The Labute approximate surface area is 167 Å². The molecule has 28 heavy (non-hydrogen) atoms. The van der Waals surface area contributed by atoms with Crippen LogP contribution in [0.3, 0.4) is 0 Å². The van der Waals surface area contributed by atoms with E-state index in [2.05, 4.69) is 35.7 Å². The predicted molar refractivity (Wildman–Crippen MR) is 110 cm³/mol. The zero-order chi connectivity index (χ0) is 19.3. The van der Waals surface area contributed by atoms with Gasteiger partial charge in [-0.15, -0.1) is 0 Å². The van der Waals surface area contributed by atoms with Crippen LogP contribution in [-0.4, -0.2) is 54.8 Å². The molecule has 1 aromatic rings. The minimum atomic E-state index is -0.339. The number of hydrogen-bond donors (Lipinski definition) is 2. The van der Waals surface area contributed by atoms with Gasteiger partial charge in [0, 0.05) is 19.0 Å². The van der Waals surface area contributed by atoms with Crippen LogP contribution >= 0.6 is 0 Å². The number of amides is 1. The summed E-state index contributed by atoms with van der Waals surface area (Å²) < 4.78 is 5.98. The van der Waals surface area contributed by atoms with Gasteiger partial charge in [0.15, 0.2) is 0 Å². The Balaban J connectivity index is 1.28. The van der Waals surface area contributed by atoms with Crippen molar-refractivity contribution >= 4 is 11.5 Å². The Hall–Kier alpha value is -1.85. The lowest BCUT2D eigenvalue weighted by Gasteiger charge is -2.26. The number of nitrogens with zero attached hydrogens (tertiary/aromatic N) is 1. The van der Waals surface area contributed by atoms with Gasteiger partial charge in [0.05, 0.1) is 12.7 Å². The topological polar surface area (TPSA) is 61.8 Å². The number of carbonyl (C=O) groups excluding carboxylic acids is 1. The van der Waals surface area contributed by atoms with Gasteiger partial charge in [0.1, 0.15) is 5.75 Å². The van der Waals surface area contributed by atoms with Gasteiger partial charge in [0.2, 0.25) is 5.91 Å². The Bertz CT molecular complexity index is 694. The standard InChI is InChI=1S/C23H32N2O3/c26-21-11-14-25(15-21)23(27)20-3-1-18(2-4-20)19-5-7-22(8-6-19)28-16-17-9-12-24-13-10-17/h1,5-8,17,20-21,24,26H,2-4,9-16H2/t20?,21-/m0/s1. The zero-order valence-corrected chi connectivity index (χ0v) is 16.6. The molecule has 4 rings (SSSR count). The summed E-state index contributed by atoms with van der Waals surface area (Å²) in [6, 6.07) is 8.42. The molecule has 152 valence electrons. The van der Waals surface area contributed by atoms with Gasteiger partial charge in [-0.2, -0.15) is 0 Å². The largest absolute Gasteiger partial charge is 0.493 e. The predicted octanol–water partition coefficient (Wildman–Crippen LogP) is 2.84. The summed E-state index contributed by atoms with van der Waals surface area (Å²) in [6.07, 6.45) is 7.62. The van der Waals surface area contributed by atoms with E-state index in [-0.39, 0.29) is 17.9 Å². The number of hydrogen-bond acceptors (Lipinski definition) is 4. The minimum absolute atomic E-state index is 0.0710. The molecule has 5 heteroatoms. The van der Waals surface area contributed by atoms with Crippen molar-refractivity contribution in [3.05, 3.63) is 35.9 Å². The number of carbonyl (C=O) groups is 1. The van der Waals surface area contributed by atoms with E-state index < -0.39 is 0 Å². The quantitative estimate of drug-likeness (QED) is 0.820. The van der Waals surface area contributed by atoms with Gasteiger partial charge in [-0.25, -0.2) is 0 Å². The average Bonchev–Trinajstić information content (AvgIpc) is 3.19. The van der Waals surface area contributed by atoms with E-state index in [1.165, 1.54) is 24.0 Å². The van der Waals surface area contributed by atoms with Gasteiger partial charge in [-0.3, -0.25) is 4.79 Å². The lowest BCUT2D eigenvalue weighted by molar-refractivity contribution is -0.135. The number of nitrogens with one attached hydrogen (secondary N) is 1. The molecule has 2 N–H and O–H groups in total. The number of benzene rings is 1. The molecule has 2 atom stereocenters. The van der Waals surface area contributed by atoms with Gasteiger partial charge >= 0.3 is 0 Å². The molecule has 0 spiro atoms. The summed E-state index contributed by atoms with van der Waals surface area (Å²) in [4.78, 5) is 14.4. The Kier molecular flexibility index (Phi) is 6.33. The molecule has 0 bridgehead atoms. The van der Waals surface area contributed by atoms with Gasteiger partial charge < -0.3 is 20.1 Å². The molecule has 2 heterocycles. The van der Waals surface area contributed by atoms with Crippen molar-refractivity contribution in [1.29, 1.82) is 0 Å². The van der Waals surface area contributed by atoms with E-state index in [0.29, 0.717) is 25.4 Å². The number of allylic oxidation sites excluding steroid dienone is 2. The molecule has 0 saturated carbocycles. The van der Waals surface area contributed by atoms with Crippen molar-refractivity contribution in [2.45, 2.75) is 44.6 Å². The fraction of sp³-hybridized carbons (Fsp3) is 0.609. The highest BCUT2D eigenvalue weighted by Gasteiger charge is 2.30. The third-order valence-electron chi connectivity index (χ3n) is 6.40. The molecular weight excluding hydrogens is 352 g/mol. The second kappa shape index (κ2) is 9.10. The highest BCUT2D eigenvalue weighted by atomic mass is 16.5. The average molecular weight is 385 g/mol. The van der Waals surface area contributed by atoms with Crippen molar-refractivity contribution in [3.63, 3.8) is 0 Å². The first kappa shape index (κ1) is 19.5. The first-order chi connectivity index (χ1) is 13.7. The van der Waals surface area contributed by atoms with Crippen LogP contribution in [0.2, 0.25) is 0 Å². The molecule has 3 aliphatic rings. The Morgan fingerprint density at radius 2 is 1.93 bits per heavy atom. The second-order valence-electron chi connectivity index (χ2n) is 8.46. The van der Waals surface area contributed by atoms with Gasteiger partial charge in [0.25, 0.3) is 0 Å². The molecule has 2 aliphatic heterocycles. The van der Waals surface area contributed by atoms with Crippen LogP contribution in [-0.2, 0) is 4.79 Å². The summed E-state index contributed by atoms with van der Waals surface area (Å²) in [6.45, 7) is 4.21. The molecule has 1 amide bonds. The first-order valence-corrected chi connectivity index (χ1v) is 10.8. The Morgan fingerprint density at radius 3 is 2.57 bits per heavy atom. The lowest BCUT2D eigenvalue weighted by atomic mass is 9.86. The lowest BCUT2D eigenvalue weighted by Crippen LogP contribution is -2.35. The van der Waals surface area contributed by atoms with Crippen LogP contribution in [0, 0.1) is 11.8 Å². The third-order valence-corrected chi connectivity index (χ3v) is 6.40. The van der Waals surface area contributed by atoms with E-state index in [1.54, 1.807) is 0 Å². The number of ether oxygens (including phenoxy) is 1. The van der Waals surface area contributed by atoms with Crippen molar-refractivity contribution in [1.82, 2.24) is 10.2 Å². The van der Waals surface area contributed by atoms with Crippen molar-refractivity contribution in [2.75, 3.05) is 32.8 Å². The fourth-order valence-corrected chi connectivity index (χ4v) is 4.55. The van der Waals surface area contributed by atoms with Crippen molar-refractivity contribution in [2.24, 2.45) is 11.8 Å². The van der Waals surface area contributed by atoms with E-state index >= 15 is 0 Å². The number of likely N-dealkylation sites (tertiary alicyclic amines) is 1. The van der Waals surface area contributed by atoms with E-state index in [1.807, 2.05) is 4.90 Å². The monoisotopic (exact) mass is 384 g/mol. The smallest absolute Gasteiger partial charge is 0.226 e. The molecule has 1 aliphatic carbocycles. The van der Waals surface area contributed by atoms with E-state index in [9.17, 15) is 9.90 Å². The maximum atomic E-state index is 12.6. The number of aliphatic hydroxyl groups excluding tert-OH is 1. The first-order valence-electron chi connectivity index (χ1n) is 10.8. The molecule has 1 unspecified atom stereocenters. The highest BCUT2D eigenvalue weighted by molar-refractivity contribution is 5.81. The Morgan fingerprint density at radius 1 is 1.14 bits per heavy atom. The molecule has 1 aromatic carbocycles. The minimum Gasteiger partial charge on any atom is -0.493 e. The molecular formula is C23H32N2O3. The SMILES string of the molecule is O=C(C1CC=C(c2ccc(OCC3CCNCC3)cc2)CC1)N1CC[C@H](O)C1. The summed E-state index contributed by atoms with van der Waals surface area (Å²) >= 11 is 0. The molecule has 5 nitrogen and oxygen atoms in total. The fourth-order valence-electron chi connectivity index (χ4n) is 4.55. The summed E-state index contributed by atoms with van der Waals surface area (Å²) in [5, 5.41) is 13.0. The summed E-state index contributed by atoms with van der Waals surface area (Å²) in [7, 11) is 0. The van der Waals surface area contributed by atoms with Crippen LogP contribution < -0.4 is 10.1 Å². The number of rotatable bonds is 5. The maximum absolute atomic E-state index is 12.6. The van der Waals surface area contributed by atoms with Crippen LogP contribution in [0.1, 0.15) is 44.1 Å². The van der Waals surface area contributed by atoms with Crippen molar-refractivity contribution in [3.8, 4) is 5.75 Å². The van der Waals surface area contributed by atoms with Crippen LogP contribution in [0.25, 0.3) is 5.57 Å². The zero-order valence-electron chi connectivity index (χ0n) is 16.6. The molecule has 2 saturated heterocycles. The van der Waals surface area contributed by atoms with Crippen LogP contribution in [0.15, 0.2) is 30.3 Å². The highest BCUT2D eigenvalue weighted by Crippen LogP contribution is 2.32. The molecule has 0 aromatic heterocycles. The molecule has 0 radical (unpaired) electrons. The van der Waals surface area contributed by atoms with Crippen LogP contribution in [0.4, 0.5) is 0 Å². The molecule has 2 fully saturated rings. The van der Waals surface area contributed by atoms with Gasteiger partial charge in [-0.1, -0.05) is 18.2 Å². The van der Waals surface area contributed by atoms with E-state index in [4.69, 9.17) is 4.74 Å². The van der Waals surface area contributed by atoms with Crippen LogP contribution in [0.5, 0.6) is 5.75 Å². The summed E-state index contributed by atoms with van der Waals surface area (Å²) in [5.74, 6) is 1.89. The number of aliphatic hydroxyl groups is 1. The maximum Gasteiger partial charge on any atom is 0.226 e.